The summed E-state index contributed by atoms with van der Waals surface area (Å²) >= 11 is 0. The number of carbonyl (C=O) groups excluding carboxylic acids is 2. The predicted molar refractivity (Wildman–Crippen MR) is 215 cm³/mol. The van der Waals surface area contributed by atoms with E-state index >= 15 is 0 Å². The van der Waals surface area contributed by atoms with Crippen molar-refractivity contribution in [3.8, 4) is 0 Å². The molecule has 0 saturated carbocycles. The van der Waals surface area contributed by atoms with E-state index in [1.807, 2.05) is 0 Å². The van der Waals surface area contributed by atoms with E-state index in [4.69, 9.17) is 24.3 Å². The molecule has 0 radical (unpaired) electrons. The third kappa shape index (κ3) is 38.2. The van der Waals surface area contributed by atoms with E-state index in [0.717, 1.165) is 44.9 Å². The summed E-state index contributed by atoms with van der Waals surface area (Å²) in [7, 11) is -4.38. The Balaban J connectivity index is 4.08. The van der Waals surface area contributed by atoms with E-state index in [2.05, 4.69) is 38.2 Å². The summed E-state index contributed by atoms with van der Waals surface area (Å²) in [6.07, 6.45) is 41.0. The normalized spacial score (nSPS) is 13.5. The molecule has 306 valence electrons. The van der Waals surface area contributed by atoms with Gasteiger partial charge < -0.3 is 20.1 Å². The first kappa shape index (κ1) is 50.5. The first-order chi connectivity index (χ1) is 25.3. The first-order valence-corrected chi connectivity index (χ1v) is 22.8. The van der Waals surface area contributed by atoms with Crippen LogP contribution >= 0.6 is 7.82 Å². The van der Waals surface area contributed by atoms with Crippen LogP contribution in [0.25, 0.3) is 0 Å². The van der Waals surface area contributed by atoms with Gasteiger partial charge in [0.15, 0.2) is 6.10 Å². The van der Waals surface area contributed by atoms with Crippen LogP contribution < -0.4 is 5.73 Å². The lowest BCUT2D eigenvalue weighted by Crippen LogP contribution is -2.29. The van der Waals surface area contributed by atoms with Crippen LogP contribution in [0.2, 0.25) is 0 Å². The molecule has 9 nitrogen and oxygen atoms in total. The molecule has 0 heterocycles. The number of nitrogens with two attached hydrogens (primary N) is 1. The average Bonchev–Trinajstić information content (AvgIpc) is 3.13. The molecule has 3 N–H and O–H groups in total. The smallest absolute Gasteiger partial charge is 0.462 e. The van der Waals surface area contributed by atoms with Crippen molar-refractivity contribution in [3.63, 3.8) is 0 Å². The summed E-state index contributed by atoms with van der Waals surface area (Å²) in [5.41, 5.74) is 5.33. The lowest BCUT2D eigenvalue weighted by molar-refractivity contribution is -0.161. The van der Waals surface area contributed by atoms with Gasteiger partial charge in [-0.3, -0.25) is 18.6 Å². The van der Waals surface area contributed by atoms with Crippen molar-refractivity contribution in [2.24, 2.45) is 5.73 Å². The van der Waals surface area contributed by atoms with Gasteiger partial charge in [0.05, 0.1) is 13.2 Å². The molecule has 10 heteroatoms. The van der Waals surface area contributed by atoms with Crippen LogP contribution in [0.5, 0.6) is 0 Å². The van der Waals surface area contributed by atoms with Crippen molar-refractivity contribution in [3.05, 3.63) is 24.3 Å². The molecule has 0 aliphatic rings. The maximum absolute atomic E-state index is 12.5. The number of hydrogen-bond donors (Lipinski definition) is 2. The highest BCUT2D eigenvalue weighted by molar-refractivity contribution is 7.47. The predicted octanol–water partition coefficient (Wildman–Crippen LogP) is 12.0. The van der Waals surface area contributed by atoms with Crippen LogP contribution in [0, 0.1) is 0 Å². The topological polar surface area (TPSA) is 134 Å². The van der Waals surface area contributed by atoms with Crippen molar-refractivity contribution in [1.82, 2.24) is 0 Å². The fourth-order valence-corrected chi connectivity index (χ4v) is 6.66. The van der Waals surface area contributed by atoms with E-state index in [1.165, 1.54) is 122 Å². The Labute approximate surface area is 319 Å². The number of unbranched alkanes of at least 4 members (excludes halogenated alkanes) is 23. The van der Waals surface area contributed by atoms with Crippen LogP contribution in [-0.2, 0) is 32.7 Å². The minimum atomic E-state index is -4.38. The monoisotopic (exact) mass is 758 g/mol. The lowest BCUT2D eigenvalue weighted by atomic mass is 10.0. The second-order valence-electron chi connectivity index (χ2n) is 14.2. The lowest BCUT2D eigenvalue weighted by Gasteiger charge is -2.19. The molecule has 0 spiro atoms. The van der Waals surface area contributed by atoms with Gasteiger partial charge in [0.25, 0.3) is 0 Å². The first-order valence-electron chi connectivity index (χ1n) is 21.3. The molecule has 0 amide bonds. The number of carbonyl (C=O) groups is 2. The van der Waals surface area contributed by atoms with Crippen molar-refractivity contribution < 1.29 is 37.6 Å². The minimum Gasteiger partial charge on any atom is -0.462 e. The molecule has 0 aromatic rings. The molecule has 0 fully saturated rings. The zero-order chi connectivity index (χ0) is 38.2. The molecular weight excluding hydrogens is 677 g/mol. The minimum absolute atomic E-state index is 0.0490. The molecule has 0 rings (SSSR count). The SMILES string of the molecule is CCCCCCCCCCCCCCCC/C=C/CC/C=C/CCCC(=O)O[C@H](COC(=O)CCCCCCCCCC)COP(=O)(O)OCCN. The summed E-state index contributed by atoms with van der Waals surface area (Å²) in [5.74, 6) is -0.878. The molecule has 0 aliphatic heterocycles. The summed E-state index contributed by atoms with van der Waals surface area (Å²) < 4.78 is 32.6. The van der Waals surface area contributed by atoms with Gasteiger partial charge in [-0.25, -0.2) is 4.57 Å². The number of esters is 2. The van der Waals surface area contributed by atoms with Crippen LogP contribution in [-0.4, -0.2) is 49.3 Å². The number of rotatable bonds is 40. The molecule has 2 atom stereocenters. The van der Waals surface area contributed by atoms with Gasteiger partial charge in [0.2, 0.25) is 0 Å². The number of ether oxygens (including phenoxy) is 2. The molecule has 52 heavy (non-hydrogen) atoms. The number of phosphoric acid groups is 1. The molecule has 0 aromatic carbocycles. The van der Waals surface area contributed by atoms with E-state index in [9.17, 15) is 19.0 Å². The van der Waals surface area contributed by atoms with Gasteiger partial charge in [-0.05, 0) is 44.9 Å². The molecular formula is C42H80NO8P. The molecule has 0 aromatic heterocycles. The summed E-state index contributed by atoms with van der Waals surface area (Å²) in [6, 6.07) is 0. The highest BCUT2D eigenvalue weighted by Crippen LogP contribution is 2.43. The third-order valence-corrected chi connectivity index (χ3v) is 10.1. The zero-order valence-electron chi connectivity index (χ0n) is 33.6. The van der Waals surface area contributed by atoms with Gasteiger partial charge in [-0.15, -0.1) is 0 Å². The van der Waals surface area contributed by atoms with E-state index in [0.29, 0.717) is 6.42 Å². The zero-order valence-corrected chi connectivity index (χ0v) is 34.4. The van der Waals surface area contributed by atoms with Crippen LogP contribution in [0.15, 0.2) is 24.3 Å². The standard InChI is InChI=1S/C42H80NO8P/c1-3-5-7-9-11-13-14-15-16-17-18-19-20-21-22-23-24-25-26-27-29-31-33-35-42(45)51-40(39-50-52(46,47)49-37-36-43)38-48-41(44)34-32-30-28-12-10-8-6-4-2/h23-24,27,29,40H,3-22,25-26,28,30-39,43H2,1-2H3,(H,46,47)/b24-23+,29-27+/t40-/m1/s1. The number of allylic oxidation sites excluding steroid dienone is 4. The van der Waals surface area contributed by atoms with Gasteiger partial charge in [0, 0.05) is 19.4 Å². The summed E-state index contributed by atoms with van der Waals surface area (Å²) in [6.45, 7) is 3.66. The summed E-state index contributed by atoms with van der Waals surface area (Å²) in [4.78, 5) is 34.6. The van der Waals surface area contributed by atoms with Crippen LogP contribution in [0.1, 0.15) is 200 Å². The van der Waals surface area contributed by atoms with Gasteiger partial charge in [-0.2, -0.15) is 0 Å². The Morgan fingerprint density at radius 1 is 0.558 bits per heavy atom. The van der Waals surface area contributed by atoms with Crippen LogP contribution in [0.4, 0.5) is 0 Å². The Bertz CT molecular complexity index is 912. The molecule has 0 saturated heterocycles. The van der Waals surface area contributed by atoms with E-state index < -0.39 is 32.5 Å². The van der Waals surface area contributed by atoms with Crippen molar-refractivity contribution in [1.29, 1.82) is 0 Å². The Morgan fingerprint density at radius 3 is 1.48 bits per heavy atom. The Kier molecular flexibility index (Phi) is 38.1. The van der Waals surface area contributed by atoms with Gasteiger partial charge in [-0.1, -0.05) is 167 Å². The quantitative estimate of drug-likeness (QED) is 0.0271. The summed E-state index contributed by atoms with van der Waals surface area (Å²) in [5, 5.41) is 0. The van der Waals surface area contributed by atoms with Crippen molar-refractivity contribution >= 4 is 19.8 Å². The van der Waals surface area contributed by atoms with Gasteiger partial charge >= 0.3 is 19.8 Å². The highest BCUT2D eigenvalue weighted by atomic mass is 31.2. The number of hydrogen-bond acceptors (Lipinski definition) is 8. The maximum Gasteiger partial charge on any atom is 0.472 e. The van der Waals surface area contributed by atoms with Gasteiger partial charge in [0.1, 0.15) is 6.61 Å². The number of phosphoric ester groups is 1. The van der Waals surface area contributed by atoms with E-state index in [-0.39, 0.29) is 32.6 Å². The Morgan fingerprint density at radius 2 is 0.981 bits per heavy atom. The van der Waals surface area contributed by atoms with Crippen molar-refractivity contribution in [2.45, 2.75) is 206 Å². The Hall–Kier alpha value is -1.51. The fraction of sp³-hybridized carbons (Fsp3) is 0.857. The van der Waals surface area contributed by atoms with E-state index in [1.54, 1.807) is 0 Å². The second kappa shape index (κ2) is 39.2. The van der Waals surface area contributed by atoms with Crippen LogP contribution in [0.3, 0.4) is 0 Å². The second-order valence-corrected chi connectivity index (χ2v) is 15.7. The third-order valence-electron chi connectivity index (χ3n) is 9.07. The average molecular weight is 758 g/mol. The molecule has 0 aliphatic carbocycles. The van der Waals surface area contributed by atoms with Crippen molar-refractivity contribution in [2.75, 3.05) is 26.4 Å². The largest absolute Gasteiger partial charge is 0.472 e. The maximum atomic E-state index is 12.5. The fourth-order valence-electron chi connectivity index (χ4n) is 5.89. The highest BCUT2D eigenvalue weighted by Gasteiger charge is 2.25. The molecule has 1 unspecified atom stereocenters. The molecule has 0 bridgehead atoms.